The van der Waals surface area contributed by atoms with E-state index < -0.39 is 24.0 Å². The fourth-order valence-electron chi connectivity index (χ4n) is 1.06. The average Bonchev–Trinajstić information content (AvgIpc) is 2.24. The van der Waals surface area contributed by atoms with Gasteiger partial charge in [0.2, 0.25) is 5.91 Å². The summed E-state index contributed by atoms with van der Waals surface area (Å²) >= 11 is 0. The van der Waals surface area contributed by atoms with Crippen molar-refractivity contribution in [3.63, 3.8) is 0 Å². The molecule has 1 amide bonds. The van der Waals surface area contributed by atoms with E-state index in [-0.39, 0.29) is 26.1 Å². The van der Waals surface area contributed by atoms with Gasteiger partial charge >= 0.3 is 5.97 Å². The van der Waals surface area contributed by atoms with Crippen molar-refractivity contribution in [2.45, 2.75) is 24.9 Å². The van der Waals surface area contributed by atoms with Crippen molar-refractivity contribution in [3.05, 3.63) is 0 Å². The summed E-state index contributed by atoms with van der Waals surface area (Å²) in [5, 5.41) is 19.7. The van der Waals surface area contributed by atoms with E-state index in [1.807, 2.05) is 0 Å². The van der Waals surface area contributed by atoms with Crippen LogP contribution in [-0.2, 0) is 14.3 Å². The third kappa shape index (κ3) is 6.33. The summed E-state index contributed by atoms with van der Waals surface area (Å²) < 4.78 is 4.76. The number of carboxylic acid groups (broad SMARTS) is 1. The van der Waals surface area contributed by atoms with Gasteiger partial charge in [0.15, 0.2) is 0 Å². The lowest BCUT2D eigenvalue weighted by Gasteiger charge is -2.18. The molecule has 0 aliphatic heterocycles. The summed E-state index contributed by atoms with van der Waals surface area (Å²) in [6.45, 7) is -0.0842. The van der Waals surface area contributed by atoms with Gasteiger partial charge in [0.1, 0.15) is 0 Å². The fourth-order valence-corrected chi connectivity index (χ4v) is 1.06. The SMILES string of the molecule is COCC(CO)NC(=O)C(N)CCC(=O)O. The highest BCUT2D eigenvalue weighted by Gasteiger charge is 2.18. The predicted octanol–water partition coefficient (Wildman–Crippen LogP) is -1.70. The monoisotopic (exact) mass is 234 g/mol. The molecule has 0 spiro atoms. The van der Waals surface area contributed by atoms with E-state index in [1.165, 1.54) is 7.11 Å². The topological polar surface area (TPSA) is 122 Å². The Morgan fingerprint density at radius 1 is 1.50 bits per heavy atom. The maximum absolute atomic E-state index is 11.4. The Morgan fingerprint density at radius 3 is 2.56 bits per heavy atom. The number of hydrogen-bond acceptors (Lipinski definition) is 5. The van der Waals surface area contributed by atoms with E-state index in [0.29, 0.717) is 0 Å². The smallest absolute Gasteiger partial charge is 0.303 e. The molecule has 0 aromatic rings. The van der Waals surface area contributed by atoms with Crippen LogP contribution in [0.5, 0.6) is 0 Å². The summed E-state index contributed by atoms with van der Waals surface area (Å²) in [5.74, 6) is -1.49. The summed E-state index contributed by atoms with van der Waals surface area (Å²) in [5.41, 5.74) is 5.47. The molecule has 0 bridgehead atoms. The molecular formula is C9H18N2O5. The van der Waals surface area contributed by atoms with Gasteiger partial charge in [-0.25, -0.2) is 0 Å². The van der Waals surface area contributed by atoms with E-state index in [0.717, 1.165) is 0 Å². The number of hydrogen-bond donors (Lipinski definition) is 4. The van der Waals surface area contributed by atoms with Gasteiger partial charge in [-0.05, 0) is 6.42 Å². The lowest BCUT2D eigenvalue weighted by molar-refractivity contribution is -0.137. The van der Waals surface area contributed by atoms with Crippen molar-refractivity contribution in [1.82, 2.24) is 5.32 Å². The summed E-state index contributed by atoms with van der Waals surface area (Å²) in [4.78, 5) is 21.7. The number of carbonyl (C=O) groups excluding carboxylic acids is 1. The van der Waals surface area contributed by atoms with Gasteiger partial charge in [-0.3, -0.25) is 9.59 Å². The molecule has 2 atom stereocenters. The third-order valence-electron chi connectivity index (χ3n) is 1.94. The second-order valence-electron chi connectivity index (χ2n) is 3.38. The van der Waals surface area contributed by atoms with Gasteiger partial charge in [0, 0.05) is 13.5 Å². The number of rotatable bonds is 8. The average molecular weight is 234 g/mol. The Balaban J connectivity index is 3.97. The minimum Gasteiger partial charge on any atom is -0.481 e. The molecule has 0 aromatic carbocycles. The molecule has 0 rings (SSSR count). The van der Waals surface area contributed by atoms with Crippen LogP contribution < -0.4 is 11.1 Å². The highest BCUT2D eigenvalue weighted by molar-refractivity contribution is 5.82. The van der Waals surface area contributed by atoms with Crippen LogP contribution in [0.3, 0.4) is 0 Å². The van der Waals surface area contributed by atoms with Gasteiger partial charge in [0.05, 0.1) is 25.3 Å². The Bertz CT molecular complexity index is 234. The van der Waals surface area contributed by atoms with Crippen molar-refractivity contribution in [2.24, 2.45) is 5.73 Å². The predicted molar refractivity (Wildman–Crippen MR) is 55.7 cm³/mol. The van der Waals surface area contributed by atoms with E-state index in [1.54, 1.807) is 0 Å². The highest BCUT2D eigenvalue weighted by Crippen LogP contribution is 1.96. The molecule has 5 N–H and O–H groups in total. The maximum atomic E-state index is 11.4. The van der Waals surface area contributed by atoms with E-state index >= 15 is 0 Å². The Morgan fingerprint density at radius 2 is 2.12 bits per heavy atom. The first-order valence-corrected chi connectivity index (χ1v) is 4.88. The van der Waals surface area contributed by atoms with Crippen molar-refractivity contribution in [3.8, 4) is 0 Å². The Kier molecular flexibility index (Phi) is 7.44. The van der Waals surface area contributed by atoms with Crippen LogP contribution in [0.4, 0.5) is 0 Å². The van der Waals surface area contributed by atoms with Gasteiger partial charge in [-0.2, -0.15) is 0 Å². The van der Waals surface area contributed by atoms with E-state index in [2.05, 4.69) is 5.32 Å². The van der Waals surface area contributed by atoms with Gasteiger partial charge < -0.3 is 26.0 Å². The first kappa shape index (κ1) is 14.8. The largest absolute Gasteiger partial charge is 0.481 e. The first-order valence-electron chi connectivity index (χ1n) is 4.88. The quantitative estimate of drug-likeness (QED) is 0.397. The molecule has 0 saturated heterocycles. The van der Waals surface area contributed by atoms with Gasteiger partial charge in [-0.15, -0.1) is 0 Å². The molecule has 0 aliphatic rings. The number of amides is 1. The number of carboxylic acids is 1. The van der Waals surface area contributed by atoms with Crippen LogP contribution in [0.2, 0.25) is 0 Å². The molecule has 0 fully saturated rings. The lowest BCUT2D eigenvalue weighted by Crippen LogP contribution is -2.48. The van der Waals surface area contributed by atoms with Crippen LogP contribution in [0.1, 0.15) is 12.8 Å². The summed E-state index contributed by atoms with van der Waals surface area (Å²) in [6, 6.07) is -1.41. The standard InChI is InChI=1S/C9H18N2O5/c1-16-5-6(4-12)11-9(15)7(10)2-3-8(13)14/h6-7,12H,2-5,10H2,1H3,(H,11,15)(H,13,14). The molecule has 0 aliphatic carbocycles. The Labute approximate surface area is 93.6 Å². The van der Waals surface area contributed by atoms with Gasteiger partial charge in [0.25, 0.3) is 0 Å². The number of nitrogens with two attached hydrogens (primary N) is 1. The van der Waals surface area contributed by atoms with E-state index in [9.17, 15) is 9.59 Å². The van der Waals surface area contributed by atoms with Crippen LogP contribution in [-0.4, -0.2) is 54.5 Å². The lowest BCUT2D eigenvalue weighted by atomic mass is 10.1. The molecule has 0 heterocycles. The summed E-state index contributed by atoms with van der Waals surface area (Å²) in [7, 11) is 1.44. The normalized spacial score (nSPS) is 14.2. The number of nitrogens with one attached hydrogen (secondary N) is 1. The molecule has 0 saturated carbocycles. The van der Waals surface area contributed by atoms with Crippen LogP contribution in [0.15, 0.2) is 0 Å². The van der Waals surface area contributed by atoms with Gasteiger partial charge in [-0.1, -0.05) is 0 Å². The minimum absolute atomic E-state index is 0.0618. The molecular weight excluding hydrogens is 216 g/mol. The number of aliphatic hydroxyl groups is 1. The fraction of sp³-hybridized carbons (Fsp3) is 0.778. The third-order valence-corrected chi connectivity index (χ3v) is 1.94. The number of aliphatic carboxylic acids is 1. The number of aliphatic hydroxyl groups excluding tert-OH is 1. The number of carbonyl (C=O) groups is 2. The molecule has 2 unspecified atom stereocenters. The van der Waals surface area contributed by atoms with Crippen molar-refractivity contribution >= 4 is 11.9 Å². The second-order valence-corrected chi connectivity index (χ2v) is 3.38. The number of ether oxygens (including phenoxy) is 1. The van der Waals surface area contributed by atoms with Crippen LogP contribution in [0, 0.1) is 0 Å². The van der Waals surface area contributed by atoms with Crippen molar-refractivity contribution in [1.29, 1.82) is 0 Å². The molecule has 94 valence electrons. The van der Waals surface area contributed by atoms with Crippen molar-refractivity contribution < 1.29 is 24.5 Å². The number of methoxy groups -OCH3 is 1. The zero-order chi connectivity index (χ0) is 12.6. The first-order chi connectivity index (χ1) is 7.51. The Hall–Kier alpha value is -1.18. The maximum Gasteiger partial charge on any atom is 0.303 e. The van der Waals surface area contributed by atoms with E-state index in [4.69, 9.17) is 20.7 Å². The highest BCUT2D eigenvalue weighted by atomic mass is 16.5. The van der Waals surface area contributed by atoms with Crippen LogP contribution in [0.25, 0.3) is 0 Å². The molecule has 7 heteroatoms. The minimum atomic E-state index is -1.00. The molecule has 16 heavy (non-hydrogen) atoms. The van der Waals surface area contributed by atoms with Crippen LogP contribution >= 0.6 is 0 Å². The van der Waals surface area contributed by atoms with Crippen molar-refractivity contribution in [2.75, 3.05) is 20.3 Å². The molecule has 0 radical (unpaired) electrons. The molecule has 0 aromatic heterocycles. The zero-order valence-corrected chi connectivity index (χ0v) is 9.18. The summed E-state index contributed by atoms with van der Waals surface area (Å²) in [6.07, 6.45) is -0.102. The zero-order valence-electron chi connectivity index (χ0n) is 9.18. The second kappa shape index (κ2) is 8.03. The molecule has 7 nitrogen and oxygen atoms in total.